The van der Waals surface area contributed by atoms with Gasteiger partial charge in [0, 0.05) is 0 Å². The van der Waals surface area contributed by atoms with E-state index >= 15 is 0 Å². The molecular formula is C11H12O2. The van der Waals surface area contributed by atoms with Crippen LogP contribution in [0, 0.1) is 0 Å². The molecule has 1 aliphatic heterocycles. The molecule has 1 aromatic rings. The van der Waals surface area contributed by atoms with Crippen LogP contribution < -0.4 is 0 Å². The SMILES string of the molecule is O=C1CC(c2ccccc2)CCO1. The fraction of sp³-hybridized carbons (Fsp3) is 0.364. The third-order valence-electron chi connectivity index (χ3n) is 2.41. The fourth-order valence-electron chi connectivity index (χ4n) is 1.69. The van der Waals surface area contributed by atoms with E-state index in [1.165, 1.54) is 5.56 Å². The number of cyclic esters (lactones) is 1. The molecule has 68 valence electrons. The van der Waals surface area contributed by atoms with E-state index in [2.05, 4.69) is 12.1 Å². The maximum atomic E-state index is 11.0. The van der Waals surface area contributed by atoms with Crippen LogP contribution in [-0.2, 0) is 9.53 Å². The van der Waals surface area contributed by atoms with Gasteiger partial charge in [-0.1, -0.05) is 30.3 Å². The van der Waals surface area contributed by atoms with Gasteiger partial charge in [0.15, 0.2) is 0 Å². The van der Waals surface area contributed by atoms with Gasteiger partial charge in [-0.2, -0.15) is 0 Å². The number of hydrogen-bond acceptors (Lipinski definition) is 2. The second-order valence-corrected chi connectivity index (χ2v) is 3.32. The normalized spacial score (nSPS) is 22.5. The van der Waals surface area contributed by atoms with E-state index in [0.717, 1.165) is 6.42 Å². The van der Waals surface area contributed by atoms with Crippen LogP contribution in [0.1, 0.15) is 24.3 Å². The van der Waals surface area contributed by atoms with Crippen molar-refractivity contribution in [3.8, 4) is 0 Å². The molecule has 0 aliphatic carbocycles. The van der Waals surface area contributed by atoms with Gasteiger partial charge in [-0.25, -0.2) is 0 Å². The lowest BCUT2D eigenvalue weighted by Gasteiger charge is -2.21. The quantitative estimate of drug-likeness (QED) is 0.612. The summed E-state index contributed by atoms with van der Waals surface area (Å²) in [5, 5.41) is 0. The van der Waals surface area contributed by atoms with E-state index in [1.807, 2.05) is 18.2 Å². The van der Waals surface area contributed by atoms with Crippen molar-refractivity contribution in [2.45, 2.75) is 18.8 Å². The van der Waals surface area contributed by atoms with Gasteiger partial charge in [0.2, 0.25) is 0 Å². The van der Waals surface area contributed by atoms with Gasteiger partial charge in [-0.3, -0.25) is 4.79 Å². The highest BCUT2D eigenvalue weighted by Crippen LogP contribution is 2.26. The van der Waals surface area contributed by atoms with Crippen molar-refractivity contribution in [1.29, 1.82) is 0 Å². The van der Waals surface area contributed by atoms with Gasteiger partial charge in [0.1, 0.15) is 0 Å². The zero-order valence-corrected chi connectivity index (χ0v) is 7.40. The highest BCUT2D eigenvalue weighted by Gasteiger charge is 2.21. The predicted molar refractivity (Wildman–Crippen MR) is 49.4 cm³/mol. The predicted octanol–water partition coefficient (Wildman–Crippen LogP) is 2.11. The first-order chi connectivity index (χ1) is 6.36. The summed E-state index contributed by atoms with van der Waals surface area (Å²) >= 11 is 0. The van der Waals surface area contributed by atoms with Crippen LogP contribution in [0.2, 0.25) is 0 Å². The number of esters is 1. The lowest BCUT2D eigenvalue weighted by molar-refractivity contribution is -0.147. The summed E-state index contributed by atoms with van der Waals surface area (Å²) in [5.74, 6) is 0.294. The second-order valence-electron chi connectivity index (χ2n) is 3.32. The molecule has 1 unspecified atom stereocenters. The van der Waals surface area contributed by atoms with Crippen LogP contribution in [-0.4, -0.2) is 12.6 Å². The zero-order chi connectivity index (χ0) is 9.10. The molecule has 1 atom stereocenters. The molecule has 1 aromatic carbocycles. The lowest BCUT2D eigenvalue weighted by Crippen LogP contribution is -2.19. The van der Waals surface area contributed by atoms with E-state index in [4.69, 9.17) is 4.74 Å². The van der Waals surface area contributed by atoms with E-state index in [0.29, 0.717) is 18.9 Å². The molecule has 0 saturated carbocycles. The molecular weight excluding hydrogens is 164 g/mol. The molecule has 1 heterocycles. The van der Waals surface area contributed by atoms with Crippen molar-refractivity contribution in [3.05, 3.63) is 35.9 Å². The molecule has 0 aromatic heterocycles. The van der Waals surface area contributed by atoms with Gasteiger partial charge >= 0.3 is 5.97 Å². The Labute approximate surface area is 77.5 Å². The van der Waals surface area contributed by atoms with Gasteiger partial charge < -0.3 is 4.74 Å². The maximum absolute atomic E-state index is 11.0. The summed E-state index contributed by atoms with van der Waals surface area (Å²) in [6, 6.07) is 10.2. The molecule has 0 amide bonds. The van der Waals surface area contributed by atoms with Crippen LogP contribution >= 0.6 is 0 Å². The monoisotopic (exact) mass is 176 g/mol. The minimum Gasteiger partial charge on any atom is -0.466 e. The summed E-state index contributed by atoms with van der Waals surface area (Å²) in [7, 11) is 0. The van der Waals surface area contributed by atoms with E-state index < -0.39 is 0 Å². The van der Waals surface area contributed by atoms with Crippen molar-refractivity contribution in [1.82, 2.24) is 0 Å². The number of rotatable bonds is 1. The molecule has 0 radical (unpaired) electrons. The molecule has 0 bridgehead atoms. The number of carbonyl (C=O) groups is 1. The van der Waals surface area contributed by atoms with Crippen LogP contribution in [0.25, 0.3) is 0 Å². The number of benzene rings is 1. The largest absolute Gasteiger partial charge is 0.466 e. The minimum absolute atomic E-state index is 0.0693. The summed E-state index contributed by atoms with van der Waals surface area (Å²) in [5.41, 5.74) is 1.25. The van der Waals surface area contributed by atoms with Crippen molar-refractivity contribution in [2.24, 2.45) is 0 Å². The van der Waals surface area contributed by atoms with Crippen molar-refractivity contribution >= 4 is 5.97 Å². The second kappa shape index (κ2) is 3.60. The molecule has 0 N–H and O–H groups in total. The van der Waals surface area contributed by atoms with Crippen molar-refractivity contribution in [2.75, 3.05) is 6.61 Å². The standard InChI is InChI=1S/C11H12O2/c12-11-8-10(6-7-13-11)9-4-2-1-3-5-9/h1-5,10H,6-8H2. The summed E-state index contributed by atoms with van der Waals surface area (Å²) < 4.78 is 4.89. The fourth-order valence-corrected chi connectivity index (χ4v) is 1.69. The van der Waals surface area contributed by atoms with Gasteiger partial charge in [0.25, 0.3) is 0 Å². The number of ether oxygens (including phenoxy) is 1. The third-order valence-corrected chi connectivity index (χ3v) is 2.41. The first-order valence-corrected chi connectivity index (χ1v) is 4.57. The Bertz CT molecular complexity index is 292. The molecule has 2 nitrogen and oxygen atoms in total. The first kappa shape index (κ1) is 8.30. The van der Waals surface area contributed by atoms with Crippen LogP contribution in [0.5, 0.6) is 0 Å². The Morgan fingerprint density at radius 1 is 1.23 bits per heavy atom. The first-order valence-electron chi connectivity index (χ1n) is 4.57. The topological polar surface area (TPSA) is 26.3 Å². The average molecular weight is 176 g/mol. The zero-order valence-electron chi connectivity index (χ0n) is 7.40. The summed E-state index contributed by atoms with van der Waals surface area (Å²) in [6.45, 7) is 0.568. The number of hydrogen-bond donors (Lipinski definition) is 0. The summed E-state index contributed by atoms with van der Waals surface area (Å²) in [6.07, 6.45) is 1.49. The Balaban J connectivity index is 2.13. The summed E-state index contributed by atoms with van der Waals surface area (Å²) in [4.78, 5) is 11.0. The van der Waals surface area contributed by atoms with Gasteiger partial charge in [-0.05, 0) is 17.9 Å². The molecule has 1 saturated heterocycles. The van der Waals surface area contributed by atoms with Crippen LogP contribution in [0.15, 0.2) is 30.3 Å². The minimum atomic E-state index is -0.0693. The van der Waals surface area contributed by atoms with E-state index in [9.17, 15) is 4.79 Å². The van der Waals surface area contributed by atoms with Gasteiger partial charge in [-0.15, -0.1) is 0 Å². The molecule has 13 heavy (non-hydrogen) atoms. The number of carbonyl (C=O) groups excluding carboxylic acids is 1. The van der Waals surface area contributed by atoms with Gasteiger partial charge in [0.05, 0.1) is 13.0 Å². The third kappa shape index (κ3) is 1.89. The average Bonchev–Trinajstić information content (AvgIpc) is 2.19. The highest BCUT2D eigenvalue weighted by atomic mass is 16.5. The van der Waals surface area contributed by atoms with Crippen molar-refractivity contribution in [3.63, 3.8) is 0 Å². The molecule has 1 fully saturated rings. The maximum Gasteiger partial charge on any atom is 0.306 e. The van der Waals surface area contributed by atoms with Crippen molar-refractivity contribution < 1.29 is 9.53 Å². The Kier molecular flexibility index (Phi) is 2.30. The molecule has 1 aliphatic rings. The Morgan fingerprint density at radius 2 is 2.00 bits per heavy atom. The molecule has 2 heteroatoms. The van der Waals surface area contributed by atoms with E-state index in [1.54, 1.807) is 0 Å². The highest BCUT2D eigenvalue weighted by molar-refractivity contribution is 5.71. The van der Waals surface area contributed by atoms with Crippen LogP contribution in [0.4, 0.5) is 0 Å². The van der Waals surface area contributed by atoms with Crippen LogP contribution in [0.3, 0.4) is 0 Å². The Hall–Kier alpha value is -1.31. The lowest BCUT2D eigenvalue weighted by atomic mass is 9.92. The van der Waals surface area contributed by atoms with E-state index in [-0.39, 0.29) is 5.97 Å². The Morgan fingerprint density at radius 3 is 2.69 bits per heavy atom. The molecule has 2 rings (SSSR count). The molecule has 0 spiro atoms. The smallest absolute Gasteiger partial charge is 0.306 e.